The Bertz CT molecular complexity index is 1170. The number of hydrogen-bond donors (Lipinski definition) is 1. The maximum Gasteiger partial charge on any atom is 0.344 e. The SMILES string of the molecule is COc1cc(OC)c(NC(=O)[C@H]2CCC(=O)N2[C@@H]2OC(=O)c3c2ccc(OC)c3OC)cc1Cl. The highest BCUT2D eigenvalue weighted by Gasteiger charge is 2.48. The molecule has 34 heavy (non-hydrogen) atoms. The molecule has 0 aliphatic carbocycles. The van der Waals surface area contributed by atoms with Crippen molar-refractivity contribution in [3.63, 3.8) is 0 Å². The molecule has 11 heteroatoms. The van der Waals surface area contributed by atoms with Crippen molar-refractivity contribution in [2.45, 2.75) is 25.1 Å². The van der Waals surface area contributed by atoms with Crippen LogP contribution in [0.5, 0.6) is 23.0 Å². The van der Waals surface area contributed by atoms with E-state index in [0.29, 0.717) is 28.5 Å². The number of anilines is 1. The summed E-state index contributed by atoms with van der Waals surface area (Å²) in [5.41, 5.74) is 0.892. The van der Waals surface area contributed by atoms with Crippen LogP contribution in [-0.2, 0) is 14.3 Å². The monoisotopic (exact) mass is 490 g/mol. The van der Waals surface area contributed by atoms with Gasteiger partial charge in [-0.25, -0.2) is 4.79 Å². The zero-order chi connectivity index (χ0) is 24.6. The first kappa shape index (κ1) is 23.5. The number of nitrogens with one attached hydrogen (secondary N) is 1. The minimum Gasteiger partial charge on any atom is -0.495 e. The van der Waals surface area contributed by atoms with Gasteiger partial charge in [-0.15, -0.1) is 0 Å². The summed E-state index contributed by atoms with van der Waals surface area (Å²) < 4.78 is 26.7. The minimum atomic E-state index is -1.07. The number of nitrogens with zero attached hydrogens (tertiary/aromatic N) is 1. The zero-order valence-corrected chi connectivity index (χ0v) is 19.7. The molecule has 2 atom stereocenters. The first-order valence-electron chi connectivity index (χ1n) is 10.3. The Labute approximate surface area is 200 Å². The van der Waals surface area contributed by atoms with Gasteiger partial charge in [0.05, 0.1) is 39.1 Å². The fourth-order valence-corrected chi connectivity index (χ4v) is 4.46. The van der Waals surface area contributed by atoms with Crippen molar-refractivity contribution in [1.82, 2.24) is 4.90 Å². The second kappa shape index (κ2) is 9.30. The van der Waals surface area contributed by atoms with E-state index in [2.05, 4.69) is 5.32 Å². The summed E-state index contributed by atoms with van der Waals surface area (Å²) >= 11 is 6.21. The third-order valence-electron chi connectivity index (χ3n) is 5.81. The Balaban J connectivity index is 1.65. The van der Waals surface area contributed by atoms with E-state index in [0.717, 1.165) is 0 Å². The van der Waals surface area contributed by atoms with Crippen molar-refractivity contribution in [3.8, 4) is 23.0 Å². The van der Waals surface area contributed by atoms with Gasteiger partial charge >= 0.3 is 5.97 Å². The number of carbonyl (C=O) groups excluding carboxylic acids is 3. The topological polar surface area (TPSA) is 113 Å². The molecule has 0 saturated carbocycles. The highest BCUT2D eigenvalue weighted by atomic mass is 35.5. The second-order valence-electron chi connectivity index (χ2n) is 7.55. The molecule has 0 radical (unpaired) electrons. The van der Waals surface area contributed by atoms with E-state index in [4.69, 9.17) is 35.3 Å². The largest absolute Gasteiger partial charge is 0.495 e. The summed E-state index contributed by atoms with van der Waals surface area (Å²) in [6.07, 6.45) is -0.711. The van der Waals surface area contributed by atoms with Gasteiger partial charge in [0.25, 0.3) is 0 Å². The summed E-state index contributed by atoms with van der Waals surface area (Å²) in [5, 5.41) is 3.04. The van der Waals surface area contributed by atoms with Gasteiger partial charge in [0.15, 0.2) is 11.5 Å². The summed E-state index contributed by atoms with van der Waals surface area (Å²) in [6.45, 7) is 0. The van der Waals surface area contributed by atoms with E-state index in [9.17, 15) is 14.4 Å². The van der Waals surface area contributed by atoms with Crippen molar-refractivity contribution in [2.24, 2.45) is 0 Å². The van der Waals surface area contributed by atoms with Crippen LogP contribution in [0.15, 0.2) is 24.3 Å². The highest BCUT2D eigenvalue weighted by Crippen LogP contribution is 2.45. The molecule has 1 N–H and O–H groups in total. The first-order chi connectivity index (χ1) is 16.3. The number of halogens is 1. The maximum absolute atomic E-state index is 13.3. The van der Waals surface area contributed by atoms with Crippen LogP contribution in [0.4, 0.5) is 5.69 Å². The number of rotatable bonds is 7. The molecule has 0 aromatic heterocycles. The Morgan fingerprint density at radius 1 is 1.03 bits per heavy atom. The lowest BCUT2D eigenvalue weighted by atomic mass is 10.0. The lowest BCUT2D eigenvalue weighted by Gasteiger charge is -2.29. The lowest BCUT2D eigenvalue weighted by molar-refractivity contribution is -0.144. The normalized spacial score (nSPS) is 18.9. The molecule has 1 fully saturated rings. The number of esters is 1. The number of methoxy groups -OCH3 is 4. The molecule has 2 aromatic rings. The molecule has 0 spiro atoms. The molecule has 180 valence electrons. The smallest absolute Gasteiger partial charge is 0.344 e. The van der Waals surface area contributed by atoms with E-state index in [-0.39, 0.29) is 35.1 Å². The van der Waals surface area contributed by atoms with Crippen molar-refractivity contribution in [3.05, 3.63) is 40.4 Å². The molecule has 0 unspecified atom stereocenters. The molecule has 10 nitrogen and oxygen atoms in total. The van der Waals surface area contributed by atoms with Gasteiger partial charge in [0.2, 0.25) is 18.0 Å². The summed E-state index contributed by atoms with van der Waals surface area (Å²) in [6, 6.07) is 5.39. The number of cyclic esters (lactones) is 1. The number of likely N-dealkylation sites (tertiary alicyclic amines) is 1. The van der Waals surface area contributed by atoms with Gasteiger partial charge in [0.1, 0.15) is 23.1 Å². The van der Waals surface area contributed by atoms with Crippen LogP contribution in [0, 0.1) is 0 Å². The quantitative estimate of drug-likeness (QED) is 0.589. The lowest BCUT2D eigenvalue weighted by Crippen LogP contribution is -2.43. The van der Waals surface area contributed by atoms with E-state index < -0.39 is 24.1 Å². The molecule has 2 heterocycles. The zero-order valence-electron chi connectivity index (χ0n) is 19.0. The average Bonchev–Trinajstić information content (AvgIpc) is 3.37. The molecule has 4 rings (SSSR count). The van der Waals surface area contributed by atoms with Gasteiger partial charge in [0, 0.05) is 18.1 Å². The van der Waals surface area contributed by atoms with Crippen LogP contribution in [0.2, 0.25) is 5.02 Å². The number of ether oxygens (including phenoxy) is 5. The van der Waals surface area contributed by atoms with Crippen molar-refractivity contribution < 1.29 is 38.1 Å². The molecular formula is C23H23ClN2O8. The number of amides is 2. The van der Waals surface area contributed by atoms with Crippen LogP contribution in [0.1, 0.15) is 35.0 Å². The second-order valence-corrected chi connectivity index (χ2v) is 7.96. The van der Waals surface area contributed by atoms with Crippen molar-refractivity contribution in [1.29, 1.82) is 0 Å². The molecule has 1 saturated heterocycles. The Hall–Kier alpha value is -3.66. The predicted octanol–water partition coefficient (Wildman–Crippen LogP) is 3.17. The van der Waals surface area contributed by atoms with Gasteiger partial charge in [-0.2, -0.15) is 0 Å². The Morgan fingerprint density at radius 3 is 2.38 bits per heavy atom. The minimum absolute atomic E-state index is 0.120. The number of carbonyl (C=O) groups is 3. The summed E-state index contributed by atoms with van der Waals surface area (Å²) in [7, 11) is 5.77. The molecular weight excluding hydrogens is 468 g/mol. The van der Waals surface area contributed by atoms with Crippen LogP contribution < -0.4 is 24.3 Å². The van der Waals surface area contributed by atoms with E-state index in [1.807, 2.05) is 0 Å². The number of fused-ring (bicyclic) bond motifs is 1. The average molecular weight is 491 g/mol. The highest BCUT2D eigenvalue weighted by molar-refractivity contribution is 6.32. The molecule has 0 bridgehead atoms. The standard InChI is InChI=1S/C23H23ClN2O8/c1-30-15-7-5-11-19(20(15)33-4)23(29)34-22(11)26-14(6-8-18(26)27)21(28)25-13-9-12(24)16(31-2)10-17(13)32-3/h5,7,9-10,14,22H,6,8H2,1-4H3,(H,25,28)/t14-,22-/m1/s1. The third kappa shape index (κ3) is 3.83. The van der Waals surface area contributed by atoms with E-state index in [1.165, 1.54) is 39.4 Å². The van der Waals surface area contributed by atoms with Gasteiger partial charge < -0.3 is 29.0 Å². The van der Waals surface area contributed by atoms with E-state index in [1.54, 1.807) is 18.2 Å². The Morgan fingerprint density at radius 2 is 1.74 bits per heavy atom. The molecule has 2 aliphatic rings. The summed E-state index contributed by atoms with van der Waals surface area (Å²) in [5.74, 6) is -0.191. The van der Waals surface area contributed by atoms with E-state index >= 15 is 0 Å². The van der Waals surface area contributed by atoms with Crippen LogP contribution in [0.3, 0.4) is 0 Å². The molecule has 2 aliphatic heterocycles. The summed E-state index contributed by atoms with van der Waals surface area (Å²) in [4.78, 5) is 40.1. The van der Waals surface area contributed by atoms with Gasteiger partial charge in [-0.3, -0.25) is 14.5 Å². The first-order valence-corrected chi connectivity index (χ1v) is 10.7. The van der Waals surface area contributed by atoms with Crippen LogP contribution in [0.25, 0.3) is 0 Å². The van der Waals surface area contributed by atoms with Gasteiger partial charge in [-0.1, -0.05) is 11.6 Å². The van der Waals surface area contributed by atoms with Crippen molar-refractivity contribution in [2.75, 3.05) is 33.8 Å². The maximum atomic E-state index is 13.3. The molecule has 2 aromatic carbocycles. The molecule has 2 amide bonds. The number of hydrogen-bond acceptors (Lipinski definition) is 8. The van der Waals surface area contributed by atoms with Gasteiger partial charge in [-0.05, 0) is 24.6 Å². The fraction of sp³-hybridized carbons (Fsp3) is 0.348. The third-order valence-corrected chi connectivity index (χ3v) is 6.10. The van der Waals surface area contributed by atoms with Crippen LogP contribution >= 0.6 is 11.6 Å². The van der Waals surface area contributed by atoms with Crippen LogP contribution in [-0.4, -0.2) is 57.2 Å². The van der Waals surface area contributed by atoms with Crippen molar-refractivity contribution >= 4 is 35.1 Å². The number of benzene rings is 2. The fourth-order valence-electron chi connectivity index (χ4n) is 4.22. The Kier molecular flexibility index (Phi) is 6.43. The predicted molar refractivity (Wildman–Crippen MR) is 121 cm³/mol.